The Morgan fingerprint density at radius 3 is 2.38 bits per heavy atom. The van der Waals surface area contributed by atoms with Crippen molar-refractivity contribution < 1.29 is 29.4 Å². The molecule has 1 aromatic carbocycles. The van der Waals surface area contributed by atoms with Crippen LogP contribution in [0.15, 0.2) is 34.7 Å². The largest absolute Gasteiger partial charge is 0.450 e. The number of aryl methyl sites for hydroxylation is 1. The third-order valence-corrected chi connectivity index (χ3v) is 3.93. The molecule has 0 spiro atoms. The number of aliphatic hydroxyl groups is 2. The van der Waals surface area contributed by atoms with Crippen molar-refractivity contribution in [1.82, 2.24) is 10.8 Å². The minimum atomic E-state index is -1.29. The molecule has 0 aliphatic carbocycles. The first kappa shape index (κ1) is 21.7. The van der Waals surface area contributed by atoms with Gasteiger partial charge in [-0.1, -0.05) is 5.92 Å². The van der Waals surface area contributed by atoms with Gasteiger partial charge >= 0.3 is 0 Å². The highest BCUT2D eigenvalue weighted by Gasteiger charge is 2.25. The molecule has 0 saturated heterocycles. The van der Waals surface area contributed by atoms with E-state index in [0.29, 0.717) is 17.1 Å². The first-order valence-electron chi connectivity index (χ1n) is 8.60. The van der Waals surface area contributed by atoms with Gasteiger partial charge in [-0.3, -0.25) is 14.8 Å². The van der Waals surface area contributed by atoms with Gasteiger partial charge in [0.15, 0.2) is 5.76 Å². The molecule has 0 aliphatic heterocycles. The van der Waals surface area contributed by atoms with Crippen molar-refractivity contribution in [3.63, 3.8) is 0 Å². The lowest BCUT2D eigenvalue weighted by Crippen LogP contribution is -2.51. The van der Waals surface area contributed by atoms with Crippen molar-refractivity contribution >= 4 is 11.8 Å². The summed E-state index contributed by atoms with van der Waals surface area (Å²) in [6.45, 7) is 2.93. The summed E-state index contributed by atoms with van der Waals surface area (Å²) in [5, 5.41) is 29.6. The van der Waals surface area contributed by atoms with Crippen LogP contribution >= 0.6 is 0 Å². The second-order valence-corrected chi connectivity index (χ2v) is 6.12. The zero-order valence-electron chi connectivity index (χ0n) is 15.8. The van der Waals surface area contributed by atoms with Crippen LogP contribution in [-0.4, -0.2) is 39.4 Å². The van der Waals surface area contributed by atoms with Gasteiger partial charge in [0.05, 0.1) is 6.10 Å². The highest BCUT2D eigenvalue weighted by atomic mass is 16.5. The first-order valence-corrected chi connectivity index (χ1v) is 8.60. The number of furan rings is 1. The molecule has 2 rings (SSSR count). The van der Waals surface area contributed by atoms with Crippen LogP contribution in [0.5, 0.6) is 0 Å². The molecular weight excluding hydrogens is 376 g/mol. The summed E-state index contributed by atoms with van der Waals surface area (Å²) >= 11 is 0. The van der Waals surface area contributed by atoms with Gasteiger partial charge < -0.3 is 19.9 Å². The van der Waals surface area contributed by atoms with Gasteiger partial charge in [0, 0.05) is 11.1 Å². The van der Waals surface area contributed by atoms with E-state index in [4.69, 9.17) is 14.7 Å². The van der Waals surface area contributed by atoms with Gasteiger partial charge in [-0.25, -0.2) is 5.48 Å². The van der Waals surface area contributed by atoms with Crippen molar-refractivity contribution in [3.8, 4) is 23.7 Å². The van der Waals surface area contributed by atoms with E-state index in [2.05, 4.69) is 29.0 Å². The normalized spacial score (nSPS) is 11.9. The van der Waals surface area contributed by atoms with Crippen molar-refractivity contribution in [2.45, 2.75) is 32.6 Å². The molecule has 0 aliphatic rings. The molecule has 5 N–H and O–H groups in total. The average molecular weight is 396 g/mol. The minimum Gasteiger partial charge on any atom is -0.450 e. The Bertz CT molecular complexity index is 1000. The quantitative estimate of drug-likeness (QED) is 0.284. The van der Waals surface area contributed by atoms with E-state index in [1.807, 2.05) is 6.92 Å². The van der Waals surface area contributed by atoms with Gasteiger partial charge in [0.25, 0.3) is 11.8 Å². The van der Waals surface area contributed by atoms with E-state index < -0.39 is 24.0 Å². The van der Waals surface area contributed by atoms with Crippen LogP contribution in [0.1, 0.15) is 39.9 Å². The molecule has 2 atom stereocenters. The molecule has 8 nitrogen and oxygen atoms in total. The molecule has 1 aromatic heterocycles. The van der Waals surface area contributed by atoms with E-state index in [-0.39, 0.29) is 12.2 Å². The molecule has 0 fully saturated rings. The number of rotatable bonds is 5. The molecule has 29 heavy (non-hydrogen) atoms. The van der Waals surface area contributed by atoms with E-state index in [0.717, 1.165) is 5.56 Å². The summed E-state index contributed by atoms with van der Waals surface area (Å²) in [7, 11) is 0. The maximum atomic E-state index is 12.2. The molecule has 1 heterocycles. The molecule has 0 saturated carbocycles. The SMILES string of the molecule is Cc1cc(C#CC#Cc2ccc(C(=O)NC(C(=O)NO)C(C)O)cc2)oc1CO. The van der Waals surface area contributed by atoms with Gasteiger partial charge in [0.2, 0.25) is 0 Å². The van der Waals surface area contributed by atoms with Crippen LogP contribution in [0.2, 0.25) is 0 Å². The lowest BCUT2D eigenvalue weighted by atomic mass is 10.1. The van der Waals surface area contributed by atoms with Gasteiger partial charge in [0.1, 0.15) is 18.4 Å². The summed E-state index contributed by atoms with van der Waals surface area (Å²) in [6.07, 6.45) is -1.19. The molecule has 0 radical (unpaired) electrons. The van der Waals surface area contributed by atoms with Gasteiger partial charge in [-0.15, -0.1) is 0 Å². The lowest BCUT2D eigenvalue weighted by molar-refractivity contribution is -0.133. The molecule has 0 bridgehead atoms. The third kappa shape index (κ3) is 5.96. The molecule has 2 aromatic rings. The number of aliphatic hydroxyl groups excluding tert-OH is 2. The fourth-order valence-corrected chi connectivity index (χ4v) is 2.34. The Hall–Kier alpha value is -3.56. The summed E-state index contributed by atoms with van der Waals surface area (Å²) in [6, 6.07) is 6.64. The second kappa shape index (κ2) is 10.1. The molecule has 2 unspecified atom stereocenters. The lowest BCUT2D eigenvalue weighted by Gasteiger charge is -2.19. The number of hydrogen-bond donors (Lipinski definition) is 5. The molecular formula is C21H20N2O6. The van der Waals surface area contributed by atoms with Gasteiger partial charge in [-0.05, 0) is 67.5 Å². The topological polar surface area (TPSA) is 132 Å². The van der Waals surface area contributed by atoms with Gasteiger partial charge in [-0.2, -0.15) is 0 Å². The number of carbonyl (C=O) groups excluding carboxylic acids is 2. The molecule has 8 heteroatoms. The van der Waals surface area contributed by atoms with E-state index in [1.165, 1.54) is 24.5 Å². The average Bonchev–Trinajstić information content (AvgIpc) is 3.08. The Kier molecular flexibility index (Phi) is 7.58. The Balaban J connectivity index is 2.04. The van der Waals surface area contributed by atoms with E-state index >= 15 is 0 Å². The summed E-state index contributed by atoms with van der Waals surface area (Å²) in [4.78, 5) is 23.7. The fraction of sp³-hybridized carbons (Fsp3) is 0.238. The highest BCUT2D eigenvalue weighted by molar-refractivity contribution is 5.97. The summed E-state index contributed by atoms with van der Waals surface area (Å²) in [5.41, 5.74) is 3.07. The molecule has 2 amide bonds. The van der Waals surface area contributed by atoms with Crippen LogP contribution < -0.4 is 10.8 Å². The predicted molar refractivity (Wildman–Crippen MR) is 102 cm³/mol. The minimum absolute atomic E-state index is 0.193. The third-order valence-electron chi connectivity index (χ3n) is 3.93. The Labute approximate surface area is 167 Å². The smallest absolute Gasteiger partial charge is 0.268 e. The highest BCUT2D eigenvalue weighted by Crippen LogP contribution is 2.13. The van der Waals surface area contributed by atoms with Crippen molar-refractivity contribution in [2.24, 2.45) is 0 Å². The number of carbonyl (C=O) groups is 2. The summed E-state index contributed by atoms with van der Waals surface area (Å²) in [5.74, 6) is 10.2. The van der Waals surface area contributed by atoms with Crippen LogP contribution in [0.25, 0.3) is 0 Å². The standard InChI is InChI=1S/C21H20N2O6/c1-13-11-17(29-18(13)12-24)6-4-3-5-15-7-9-16(10-8-15)20(26)22-19(14(2)25)21(27)23-28/h7-11,14,19,24-25,28H,12H2,1-2H3,(H,22,26)(H,23,27). The zero-order chi connectivity index (χ0) is 21.4. The first-order chi connectivity index (χ1) is 13.8. The predicted octanol–water partition coefficient (Wildman–Crippen LogP) is 0.468. The fourth-order valence-electron chi connectivity index (χ4n) is 2.34. The number of hydroxylamine groups is 1. The maximum Gasteiger partial charge on any atom is 0.268 e. The number of benzene rings is 1. The zero-order valence-corrected chi connectivity index (χ0v) is 15.8. The number of hydrogen-bond acceptors (Lipinski definition) is 6. The monoisotopic (exact) mass is 396 g/mol. The van der Waals surface area contributed by atoms with Crippen molar-refractivity contribution in [2.75, 3.05) is 0 Å². The number of nitrogens with one attached hydrogen (secondary N) is 2. The van der Waals surface area contributed by atoms with E-state index in [9.17, 15) is 14.7 Å². The van der Waals surface area contributed by atoms with Crippen LogP contribution in [0, 0.1) is 30.6 Å². The Morgan fingerprint density at radius 1 is 1.17 bits per heavy atom. The Morgan fingerprint density at radius 2 is 1.83 bits per heavy atom. The van der Waals surface area contributed by atoms with Crippen LogP contribution in [-0.2, 0) is 11.4 Å². The van der Waals surface area contributed by atoms with Crippen LogP contribution in [0.3, 0.4) is 0 Å². The van der Waals surface area contributed by atoms with Crippen LogP contribution in [0.4, 0.5) is 0 Å². The van der Waals surface area contributed by atoms with Crippen molar-refractivity contribution in [3.05, 3.63) is 58.5 Å². The maximum absolute atomic E-state index is 12.2. The summed E-state index contributed by atoms with van der Waals surface area (Å²) < 4.78 is 5.33. The second-order valence-electron chi connectivity index (χ2n) is 6.12. The van der Waals surface area contributed by atoms with Crippen molar-refractivity contribution in [1.29, 1.82) is 0 Å². The molecule has 150 valence electrons. The van der Waals surface area contributed by atoms with E-state index in [1.54, 1.807) is 18.2 Å². The number of amides is 2.